The smallest absolute Gasteiger partial charge is 0.309 e. The van der Waals surface area contributed by atoms with E-state index in [1.54, 1.807) is 6.07 Å². The standard InChI is InChI=1S/C23H32F2O3/c1-2-3-15-28-19-12-11-18(20(24)21(19)25)16-7-9-17(10-8-16)23(22(26)27)13-5-4-6-14-23/h11-12,16-17H,2-10,13-15H2,1H3,(H,26,27). The summed E-state index contributed by atoms with van der Waals surface area (Å²) in [6, 6.07) is 3.19. The van der Waals surface area contributed by atoms with E-state index in [9.17, 15) is 18.7 Å². The van der Waals surface area contributed by atoms with Crippen molar-refractivity contribution in [1.29, 1.82) is 0 Å². The molecule has 2 fully saturated rings. The van der Waals surface area contributed by atoms with Gasteiger partial charge in [0.1, 0.15) is 0 Å². The number of hydrogen-bond donors (Lipinski definition) is 1. The van der Waals surface area contributed by atoms with Gasteiger partial charge in [-0.25, -0.2) is 4.39 Å². The van der Waals surface area contributed by atoms with Crippen LogP contribution in [0, 0.1) is 23.0 Å². The highest BCUT2D eigenvalue weighted by atomic mass is 19.2. The molecule has 0 unspecified atom stereocenters. The topological polar surface area (TPSA) is 46.5 Å². The Kier molecular flexibility index (Phi) is 6.95. The first-order valence-corrected chi connectivity index (χ1v) is 10.8. The molecule has 0 spiro atoms. The van der Waals surface area contributed by atoms with Crippen molar-refractivity contribution in [2.24, 2.45) is 11.3 Å². The molecule has 1 aromatic rings. The van der Waals surface area contributed by atoms with Gasteiger partial charge >= 0.3 is 5.97 Å². The Morgan fingerprint density at radius 1 is 1.11 bits per heavy atom. The molecule has 0 radical (unpaired) electrons. The van der Waals surface area contributed by atoms with Gasteiger partial charge in [-0.05, 0) is 68.4 Å². The summed E-state index contributed by atoms with van der Waals surface area (Å²) in [7, 11) is 0. The second-order valence-corrected chi connectivity index (χ2v) is 8.55. The fraction of sp³-hybridized carbons (Fsp3) is 0.696. The van der Waals surface area contributed by atoms with Crippen LogP contribution < -0.4 is 4.74 Å². The maximum absolute atomic E-state index is 14.7. The molecule has 2 aliphatic carbocycles. The number of unbranched alkanes of at least 4 members (excludes halogenated alkanes) is 1. The zero-order chi connectivity index (χ0) is 20.1. The number of carboxylic acids is 1. The van der Waals surface area contributed by atoms with Crippen molar-refractivity contribution in [2.45, 2.75) is 83.5 Å². The van der Waals surface area contributed by atoms with E-state index in [0.717, 1.165) is 57.8 Å². The van der Waals surface area contributed by atoms with Gasteiger partial charge in [-0.1, -0.05) is 38.7 Å². The number of carboxylic acid groups (broad SMARTS) is 1. The van der Waals surface area contributed by atoms with E-state index in [-0.39, 0.29) is 17.6 Å². The van der Waals surface area contributed by atoms with Crippen molar-refractivity contribution in [2.75, 3.05) is 6.61 Å². The highest BCUT2D eigenvalue weighted by molar-refractivity contribution is 5.75. The summed E-state index contributed by atoms with van der Waals surface area (Å²) in [6.45, 7) is 2.40. The predicted octanol–water partition coefficient (Wildman–Crippen LogP) is 6.45. The summed E-state index contributed by atoms with van der Waals surface area (Å²) >= 11 is 0. The SMILES string of the molecule is CCCCOc1ccc(C2CCC(C3(C(=O)O)CCCCC3)CC2)c(F)c1F. The van der Waals surface area contributed by atoms with Crippen LogP contribution in [0.3, 0.4) is 0 Å². The maximum Gasteiger partial charge on any atom is 0.309 e. The minimum atomic E-state index is -0.898. The van der Waals surface area contributed by atoms with Gasteiger partial charge in [0, 0.05) is 0 Å². The van der Waals surface area contributed by atoms with Gasteiger partial charge in [0.25, 0.3) is 0 Å². The summed E-state index contributed by atoms with van der Waals surface area (Å²) in [5.41, 5.74) is -0.198. The predicted molar refractivity (Wildman–Crippen MR) is 105 cm³/mol. The van der Waals surface area contributed by atoms with E-state index in [4.69, 9.17) is 4.74 Å². The normalized spacial score (nSPS) is 24.7. The number of halogens is 2. The molecule has 28 heavy (non-hydrogen) atoms. The summed E-state index contributed by atoms with van der Waals surface area (Å²) in [5, 5.41) is 9.90. The number of rotatable bonds is 7. The molecule has 0 aromatic heterocycles. The minimum absolute atomic E-state index is 0.0181. The van der Waals surface area contributed by atoms with E-state index in [0.29, 0.717) is 25.0 Å². The lowest BCUT2D eigenvalue weighted by Crippen LogP contribution is -2.42. The molecule has 3 rings (SSSR count). The number of ether oxygens (including phenoxy) is 1. The Morgan fingerprint density at radius 2 is 1.79 bits per heavy atom. The van der Waals surface area contributed by atoms with Crippen LogP contribution in [0.15, 0.2) is 12.1 Å². The first kappa shape index (κ1) is 21.1. The van der Waals surface area contributed by atoms with E-state index < -0.39 is 23.0 Å². The molecule has 0 aliphatic heterocycles. The monoisotopic (exact) mass is 394 g/mol. The lowest BCUT2D eigenvalue weighted by atomic mass is 9.60. The van der Waals surface area contributed by atoms with Gasteiger partial charge in [0.05, 0.1) is 12.0 Å². The van der Waals surface area contributed by atoms with Crippen molar-refractivity contribution in [1.82, 2.24) is 0 Å². The molecule has 1 N–H and O–H groups in total. The number of carbonyl (C=O) groups is 1. The zero-order valence-electron chi connectivity index (χ0n) is 16.8. The van der Waals surface area contributed by atoms with Crippen molar-refractivity contribution < 1.29 is 23.4 Å². The van der Waals surface area contributed by atoms with Crippen LogP contribution in [0.1, 0.15) is 89.0 Å². The first-order chi connectivity index (χ1) is 13.5. The van der Waals surface area contributed by atoms with Gasteiger partial charge in [0.2, 0.25) is 5.82 Å². The second-order valence-electron chi connectivity index (χ2n) is 8.55. The van der Waals surface area contributed by atoms with Crippen LogP contribution in [0.25, 0.3) is 0 Å². The van der Waals surface area contributed by atoms with Crippen LogP contribution in [-0.4, -0.2) is 17.7 Å². The number of aliphatic carboxylic acids is 1. The molecule has 0 atom stereocenters. The van der Waals surface area contributed by atoms with Crippen molar-refractivity contribution in [3.63, 3.8) is 0 Å². The largest absolute Gasteiger partial charge is 0.490 e. The lowest BCUT2D eigenvalue weighted by molar-refractivity contribution is -0.156. The number of benzene rings is 1. The number of hydrogen-bond acceptors (Lipinski definition) is 2. The minimum Gasteiger partial charge on any atom is -0.490 e. The molecule has 1 aromatic carbocycles. The van der Waals surface area contributed by atoms with E-state index in [1.165, 1.54) is 6.07 Å². The van der Waals surface area contributed by atoms with Crippen molar-refractivity contribution >= 4 is 5.97 Å². The van der Waals surface area contributed by atoms with Crippen molar-refractivity contribution in [3.8, 4) is 5.75 Å². The first-order valence-electron chi connectivity index (χ1n) is 10.8. The van der Waals surface area contributed by atoms with Gasteiger partial charge in [-0.2, -0.15) is 4.39 Å². The third-order valence-corrected chi connectivity index (χ3v) is 6.95. The fourth-order valence-electron chi connectivity index (χ4n) is 5.24. The van der Waals surface area contributed by atoms with Gasteiger partial charge < -0.3 is 9.84 Å². The Bertz CT molecular complexity index is 675. The molecule has 0 bridgehead atoms. The summed E-state index contributed by atoms with van der Waals surface area (Å²) in [6.07, 6.45) is 9.28. The van der Waals surface area contributed by atoms with E-state index >= 15 is 0 Å². The average Bonchev–Trinajstić information content (AvgIpc) is 2.72. The van der Waals surface area contributed by atoms with Crippen LogP contribution >= 0.6 is 0 Å². The molecule has 2 saturated carbocycles. The maximum atomic E-state index is 14.7. The molecular weight excluding hydrogens is 362 g/mol. The Labute approximate surface area is 166 Å². The fourth-order valence-corrected chi connectivity index (χ4v) is 5.24. The second kappa shape index (κ2) is 9.23. The average molecular weight is 395 g/mol. The third-order valence-electron chi connectivity index (χ3n) is 6.95. The summed E-state index contributed by atoms with van der Waals surface area (Å²) in [5.74, 6) is -2.29. The Morgan fingerprint density at radius 3 is 2.39 bits per heavy atom. The Hall–Kier alpha value is -1.65. The summed E-state index contributed by atoms with van der Waals surface area (Å²) in [4.78, 5) is 12.0. The highest BCUT2D eigenvalue weighted by Gasteiger charge is 2.47. The van der Waals surface area contributed by atoms with Crippen LogP contribution in [-0.2, 0) is 4.79 Å². The van der Waals surface area contributed by atoms with Gasteiger partial charge in [-0.3, -0.25) is 4.79 Å². The van der Waals surface area contributed by atoms with Crippen LogP contribution in [0.5, 0.6) is 5.75 Å². The van der Waals surface area contributed by atoms with Crippen LogP contribution in [0.4, 0.5) is 8.78 Å². The Balaban J connectivity index is 1.67. The molecule has 5 heteroatoms. The molecule has 0 amide bonds. The van der Waals surface area contributed by atoms with E-state index in [1.807, 2.05) is 6.92 Å². The quantitative estimate of drug-likeness (QED) is 0.540. The third kappa shape index (κ3) is 4.18. The van der Waals surface area contributed by atoms with Gasteiger partial charge in [0.15, 0.2) is 11.6 Å². The zero-order valence-corrected chi connectivity index (χ0v) is 16.8. The van der Waals surface area contributed by atoms with Crippen LogP contribution in [0.2, 0.25) is 0 Å². The lowest BCUT2D eigenvalue weighted by Gasteiger charge is -2.43. The van der Waals surface area contributed by atoms with E-state index in [2.05, 4.69) is 0 Å². The van der Waals surface area contributed by atoms with Crippen molar-refractivity contribution in [3.05, 3.63) is 29.3 Å². The summed E-state index contributed by atoms with van der Waals surface area (Å²) < 4.78 is 34.4. The molecular formula is C23H32F2O3. The molecule has 0 saturated heterocycles. The molecule has 2 aliphatic rings. The molecule has 0 heterocycles. The highest BCUT2D eigenvalue weighted by Crippen LogP contribution is 2.51. The van der Waals surface area contributed by atoms with Gasteiger partial charge in [-0.15, -0.1) is 0 Å². The molecule has 3 nitrogen and oxygen atoms in total. The molecule has 156 valence electrons.